The second kappa shape index (κ2) is 15.4. The van der Waals surface area contributed by atoms with Gasteiger partial charge in [-0.1, -0.05) is 70.4 Å². The van der Waals surface area contributed by atoms with Gasteiger partial charge >= 0.3 is 0 Å². The Hall–Kier alpha value is -1.64. The predicted molar refractivity (Wildman–Crippen MR) is 115 cm³/mol. The second-order valence-electron chi connectivity index (χ2n) is 7.49. The molecule has 0 amide bonds. The molecule has 3 heteroatoms. The SMILES string of the molecule is CCCCCCC=CCCCCCCCCCc1cc(O)cc(OC)c1O. The van der Waals surface area contributed by atoms with Gasteiger partial charge in [0.2, 0.25) is 0 Å². The average molecular weight is 377 g/mol. The number of ether oxygens (including phenoxy) is 1. The zero-order valence-electron chi connectivity index (χ0n) is 17.5. The molecule has 1 aromatic rings. The number of hydrogen-bond acceptors (Lipinski definition) is 3. The summed E-state index contributed by atoms with van der Waals surface area (Å²) in [6, 6.07) is 3.08. The molecule has 0 aromatic heterocycles. The normalized spacial score (nSPS) is 11.3. The number of aryl methyl sites for hydroxylation is 1. The third kappa shape index (κ3) is 10.9. The molecular formula is C24H40O3. The molecule has 0 radical (unpaired) electrons. The minimum absolute atomic E-state index is 0.148. The van der Waals surface area contributed by atoms with Gasteiger partial charge in [-0.05, 0) is 44.6 Å². The first-order valence-electron chi connectivity index (χ1n) is 10.9. The highest BCUT2D eigenvalue weighted by atomic mass is 16.5. The lowest BCUT2D eigenvalue weighted by molar-refractivity contribution is 0.365. The summed E-state index contributed by atoms with van der Waals surface area (Å²) in [5, 5.41) is 19.8. The maximum atomic E-state index is 10.1. The standard InChI is InChI=1S/C24H40O3/c1-3-4-5-6-7-8-9-10-11-12-13-14-15-16-17-18-21-19-22(25)20-23(27-2)24(21)26/h8-9,19-20,25-26H,3-7,10-18H2,1-2H3. The topological polar surface area (TPSA) is 49.7 Å². The first-order chi connectivity index (χ1) is 13.2. The smallest absolute Gasteiger partial charge is 0.164 e. The number of allylic oxidation sites excluding steroid dienone is 2. The van der Waals surface area contributed by atoms with Crippen molar-refractivity contribution in [2.45, 2.75) is 96.8 Å². The highest BCUT2D eigenvalue weighted by molar-refractivity contribution is 5.50. The summed E-state index contributed by atoms with van der Waals surface area (Å²) in [5.41, 5.74) is 0.772. The van der Waals surface area contributed by atoms with Crippen molar-refractivity contribution in [3.8, 4) is 17.2 Å². The minimum atomic E-state index is 0.148. The van der Waals surface area contributed by atoms with Crippen LogP contribution in [-0.4, -0.2) is 17.3 Å². The van der Waals surface area contributed by atoms with E-state index in [-0.39, 0.29) is 11.5 Å². The molecule has 0 aliphatic carbocycles. The van der Waals surface area contributed by atoms with Crippen LogP contribution < -0.4 is 4.74 Å². The van der Waals surface area contributed by atoms with Gasteiger partial charge < -0.3 is 14.9 Å². The Morgan fingerprint density at radius 3 is 1.93 bits per heavy atom. The van der Waals surface area contributed by atoms with Crippen LogP contribution in [0.5, 0.6) is 17.2 Å². The zero-order chi connectivity index (χ0) is 19.7. The first-order valence-corrected chi connectivity index (χ1v) is 10.9. The van der Waals surface area contributed by atoms with Crippen LogP contribution in [0.3, 0.4) is 0 Å². The monoisotopic (exact) mass is 376 g/mol. The van der Waals surface area contributed by atoms with Crippen LogP contribution in [0.4, 0.5) is 0 Å². The van der Waals surface area contributed by atoms with Gasteiger partial charge in [0.05, 0.1) is 7.11 Å². The van der Waals surface area contributed by atoms with Crippen molar-refractivity contribution in [2.24, 2.45) is 0 Å². The first kappa shape index (κ1) is 23.4. The fraction of sp³-hybridized carbons (Fsp3) is 0.667. The Kier molecular flexibility index (Phi) is 13.4. The number of benzene rings is 1. The Morgan fingerprint density at radius 1 is 0.778 bits per heavy atom. The van der Waals surface area contributed by atoms with Crippen LogP contribution >= 0.6 is 0 Å². The average Bonchev–Trinajstić information content (AvgIpc) is 2.67. The number of phenols is 2. The highest BCUT2D eigenvalue weighted by Gasteiger charge is 2.09. The molecule has 1 aromatic carbocycles. The van der Waals surface area contributed by atoms with E-state index in [0.717, 1.165) is 24.8 Å². The fourth-order valence-corrected chi connectivity index (χ4v) is 3.38. The molecule has 0 bridgehead atoms. The molecular weight excluding hydrogens is 336 g/mol. The van der Waals surface area contributed by atoms with Crippen LogP contribution in [0.25, 0.3) is 0 Å². The molecule has 0 heterocycles. The van der Waals surface area contributed by atoms with Crippen molar-refractivity contribution < 1.29 is 14.9 Å². The molecule has 0 saturated heterocycles. The molecule has 0 aliphatic heterocycles. The van der Waals surface area contributed by atoms with Crippen molar-refractivity contribution in [1.82, 2.24) is 0 Å². The lowest BCUT2D eigenvalue weighted by Crippen LogP contribution is -1.91. The Morgan fingerprint density at radius 2 is 1.33 bits per heavy atom. The van der Waals surface area contributed by atoms with E-state index in [9.17, 15) is 10.2 Å². The van der Waals surface area contributed by atoms with Gasteiger partial charge in [-0.2, -0.15) is 0 Å². The maximum absolute atomic E-state index is 10.1. The molecule has 3 nitrogen and oxygen atoms in total. The molecule has 0 atom stereocenters. The van der Waals surface area contributed by atoms with Gasteiger partial charge in [-0.15, -0.1) is 0 Å². The predicted octanol–water partition coefficient (Wildman–Crippen LogP) is 7.30. The van der Waals surface area contributed by atoms with E-state index >= 15 is 0 Å². The van der Waals surface area contributed by atoms with E-state index in [1.54, 1.807) is 6.07 Å². The third-order valence-electron chi connectivity index (χ3n) is 5.07. The summed E-state index contributed by atoms with van der Waals surface area (Å²) < 4.78 is 5.08. The van der Waals surface area contributed by atoms with Crippen molar-refractivity contribution in [2.75, 3.05) is 7.11 Å². The number of phenolic OH excluding ortho intramolecular Hbond substituents is 2. The van der Waals surface area contributed by atoms with Crippen LogP contribution in [-0.2, 0) is 6.42 Å². The van der Waals surface area contributed by atoms with Gasteiger partial charge in [0, 0.05) is 11.6 Å². The van der Waals surface area contributed by atoms with E-state index < -0.39 is 0 Å². The summed E-state index contributed by atoms with van der Waals surface area (Å²) in [6.45, 7) is 2.26. The van der Waals surface area contributed by atoms with E-state index in [2.05, 4.69) is 19.1 Å². The van der Waals surface area contributed by atoms with Crippen molar-refractivity contribution >= 4 is 0 Å². The van der Waals surface area contributed by atoms with Crippen LogP contribution in [0.2, 0.25) is 0 Å². The van der Waals surface area contributed by atoms with Gasteiger partial charge in [0.15, 0.2) is 11.5 Å². The zero-order valence-corrected chi connectivity index (χ0v) is 17.5. The third-order valence-corrected chi connectivity index (χ3v) is 5.07. The Labute approximate surface area is 166 Å². The highest BCUT2D eigenvalue weighted by Crippen LogP contribution is 2.35. The van der Waals surface area contributed by atoms with Crippen LogP contribution in [0.15, 0.2) is 24.3 Å². The molecule has 0 saturated carbocycles. The largest absolute Gasteiger partial charge is 0.508 e. The quantitative estimate of drug-likeness (QED) is 0.181. The van der Waals surface area contributed by atoms with Crippen molar-refractivity contribution in [3.05, 3.63) is 29.8 Å². The molecule has 1 rings (SSSR count). The van der Waals surface area contributed by atoms with Gasteiger partial charge in [0.25, 0.3) is 0 Å². The van der Waals surface area contributed by atoms with E-state index in [0.29, 0.717) is 5.75 Å². The van der Waals surface area contributed by atoms with E-state index in [1.165, 1.54) is 83.8 Å². The number of rotatable bonds is 16. The number of hydrogen-bond donors (Lipinski definition) is 2. The van der Waals surface area contributed by atoms with Crippen LogP contribution in [0, 0.1) is 0 Å². The number of aromatic hydroxyl groups is 2. The maximum Gasteiger partial charge on any atom is 0.164 e. The summed E-state index contributed by atoms with van der Waals surface area (Å²) in [4.78, 5) is 0. The van der Waals surface area contributed by atoms with Gasteiger partial charge in [-0.3, -0.25) is 0 Å². The number of methoxy groups -OCH3 is 1. The van der Waals surface area contributed by atoms with Crippen LogP contribution in [0.1, 0.15) is 96.0 Å². The molecule has 0 aliphatic rings. The molecule has 154 valence electrons. The van der Waals surface area contributed by atoms with Crippen molar-refractivity contribution in [3.63, 3.8) is 0 Å². The van der Waals surface area contributed by atoms with Gasteiger partial charge in [0.1, 0.15) is 5.75 Å². The molecule has 2 N–H and O–H groups in total. The lowest BCUT2D eigenvalue weighted by Gasteiger charge is -2.10. The summed E-state index contributed by atoms with van der Waals surface area (Å²) in [5.74, 6) is 0.656. The minimum Gasteiger partial charge on any atom is -0.508 e. The van der Waals surface area contributed by atoms with E-state index in [4.69, 9.17) is 4.74 Å². The Balaban J connectivity index is 1.98. The Bertz CT molecular complexity index is 523. The van der Waals surface area contributed by atoms with E-state index in [1.807, 2.05) is 0 Å². The van der Waals surface area contributed by atoms with Gasteiger partial charge in [-0.25, -0.2) is 0 Å². The number of unbranched alkanes of at least 4 members (excludes halogenated alkanes) is 11. The van der Waals surface area contributed by atoms with Crippen molar-refractivity contribution in [1.29, 1.82) is 0 Å². The molecule has 27 heavy (non-hydrogen) atoms. The summed E-state index contributed by atoms with van der Waals surface area (Å²) in [6.07, 6.45) is 22.1. The molecule has 0 fully saturated rings. The lowest BCUT2D eigenvalue weighted by atomic mass is 10.0. The summed E-state index contributed by atoms with van der Waals surface area (Å²) in [7, 11) is 1.50. The second-order valence-corrected chi connectivity index (χ2v) is 7.49. The fourth-order valence-electron chi connectivity index (χ4n) is 3.38. The molecule has 0 unspecified atom stereocenters. The summed E-state index contributed by atoms with van der Waals surface area (Å²) >= 11 is 0. The molecule has 0 spiro atoms.